The summed E-state index contributed by atoms with van der Waals surface area (Å²) in [5.41, 5.74) is 5.66. The lowest BCUT2D eigenvalue weighted by Gasteiger charge is -2.14. The second-order valence-corrected chi connectivity index (χ2v) is 7.45. The summed E-state index contributed by atoms with van der Waals surface area (Å²) in [7, 11) is 0. The van der Waals surface area contributed by atoms with Crippen LogP contribution in [0.15, 0.2) is 42.7 Å². The van der Waals surface area contributed by atoms with Crippen molar-refractivity contribution in [1.29, 1.82) is 0 Å². The monoisotopic (exact) mass is 380 g/mol. The predicted molar refractivity (Wildman–Crippen MR) is 115 cm³/mol. The van der Waals surface area contributed by atoms with Gasteiger partial charge in [-0.15, -0.1) is 0 Å². The van der Waals surface area contributed by atoms with Crippen LogP contribution in [-0.4, -0.2) is 21.5 Å². The van der Waals surface area contributed by atoms with Crippen LogP contribution in [0.3, 0.4) is 0 Å². The largest absolute Gasteiger partial charge is 0.380 e. The summed E-state index contributed by atoms with van der Waals surface area (Å²) >= 11 is 6.55. The summed E-state index contributed by atoms with van der Waals surface area (Å²) in [6.45, 7) is 12.8. The van der Waals surface area contributed by atoms with E-state index in [1.165, 1.54) is 0 Å². The van der Waals surface area contributed by atoms with Crippen molar-refractivity contribution >= 4 is 28.2 Å². The normalized spacial score (nSPS) is 12.2. The number of hydrogen-bond acceptors (Lipinski definition) is 4. The minimum absolute atomic E-state index is 0.361. The van der Waals surface area contributed by atoms with Crippen LogP contribution in [0.4, 0.5) is 5.69 Å². The Morgan fingerprint density at radius 1 is 1.22 bits per heavy atom. The van der Waals surface area contributed by atoms with Crippen molar-refractivity contribution in [3.63, 3.8) is 0 Å². The molecule has 3 aromatic rings. The molecule has 0 amide bonds. The lowest BCUT2D eigenvalue weighted by Crippen LogP contribution is -2.05. The Morgan fingerprint density at radius 2 is 1.93 bits per heavy atom. The smallest absolute Gasteiger partial charge is 0.131 e. The Labute approximate surface area is 165 Å². The van der Waals surface area contributed by atoms with E-state index in [9.17, 15) is 0 Å². The quantitative estimate of drug-likeness (QED) is 0.520. The zero-order chi connectivity index (χ0) is 19.6. The van der Waals surface area contributed by atoms with Crippen LogP contribution in [0.25, 0.3) is 22.0 Å². The fraction of sp³-hybridized carbons (Fsp3) is 0.318. The van der Waals surface area contributed by atoms with Gasteiger partial charge in [0.1, 0.15) is 5.82 Å². The first-order valence-electron chi connectivity index (χ1n) is 9.21. The predicted octanol–water partition coefficient (Wildman–Crippen LogP) is 6.16. The molecule has 0 aliphatic rings. The third kappa shape index (κ3) is 4.11. The summed E-state index contributed by atoms with van der Waals surface area (Å²) in [5.74, 6) is 1.24. The summed E-state index contributed by atoms with van der Waals surface area (Å²) in [5, 5.41) is 5.03. The van der Waals surface area contributed by atoms with Crippen LogP contribution in [0.5, 0.6) is 0 Å². The summed E-state index contributed by atoms with van der Waals surface area (Å²) in [4.78, 5) is 13.7. The molecule has 1 atom stereocenters. The van der Waals surface area contributed by atoms with Gasteiger partial charge in [-0.2, -0.15) is 0 Å². The van der Waals surface area contributed by atoms with E-state index in [1.54, 1.807) is 0 Å². The SMILES string of the molecule is C=C(C)CNc1c(Cl)c(C)nc2ccc(-c3cnc(C(C)CC)nc3)cc12. The first-order chi connectivity index (χ1) is 12.9. The standard InChI is InChI=1S/C22H25ClN4/c1-6-14(4)22-25-11-17(12-26-22)16-7-8-19-18(9-16)21(24-10-13(2)3)20(23)15(5)27-19/h7-9,11-12,14H,2,6,10H2,1,3-5H3,(H,24,27). The van der Waals surface area contributed by atoms with E-state index in [0.717, 1.165) is 51.2 Å². The van der Waals surface area contributed by atoms with Crippen LogP contribution in [0.2, 0.25) is 5.02 Å². The van der Waals surface area contributed by atoms with Crippen LogP contribution < -0.4 is 5.32 Å². The molecule has 0 spiro atoms. The molecule has 0 aliphatic carbocycles. The van der Waals surface area contributed by atoms with E-state index >= 15 is 0 Å². The van der Waals surface area contributed by atoms with Gasteiger partial charge in [-0.3, -0.25) is 4.98 Å². The third-order valence-electron chi connectivity index (χ3n) is 4.72. The van der Waals surface area contributed by atoms with Crippen molar-refractivity contribution in [3.05, 3.63) is 59.3 Å². The number of nitrogens with zero attached hydrogens (tertiary/aromatic N) is 3. The minimum Gasteiger partial charge on any atom is -0.380 e. The average molecular weight is 381 g/mol. The maximum atomic E-state index is 6.55. The summed E-state index contributed by atoms with van der Waals surface area (Å²) in [6.07, 6.45) is 4.80. The number of anilines is 1. The van der Waals surface area contributed by atoms with Gasteiger partial charge in [0.2, 0.25) is 0 Å². The molecule has 3 rings (SSSR count). The highest BCUT2D eigenvalue weighted by Gasteiger charge is 2.13. The third-order valence-corrected chi connectivity index (χ3v) is 5.18. The molecule has 4 nitrogen and oxygen atoms in total. The number of aromatic nitrogens is 3. The van der Waals surface area contributed by atoms with Crippen molar-refractivity contribution in [3.8, 4) is 11.1 Å². The van der Waals surface area contributed by atoms with Gasteiger partial charge < -0.3 is 5.32 Å². The zero-order valence-electron chi connectivity index (χ0n) is 16.3. The van der Waals surface area contributed by atoms with Gasteiger partial charge >= 0.3 is 0 Å². The van der Waals surface area contributed by atoms with E-state index < -0.39 is 0 Å². The second kappa shape index (κ2) is 8.05. The molecule has 140 valence electrons. The lowest BCUT2D eigenvalue weighted by atomic mass is 10.0. The van der Waals surface area contributed by atoms with Gasteiger partial charge in [-0.25, -0.2) is 9.97 Å². The number of benzene rings is 1. The van der Waals surface area contributed by atoms with E-state index in [0.29, 0.717) is 17.5 Å². The number of hydrogen-bond donors (Lipinski definition) is 1. The van der Waals surface area contributed by atoms with Crippen molar-refractivity contribution in [1.82, 2.24) is 15.0 Å². The van der Waals surface area contributed by atoms with Crippen molar-refractivity contribution in [2.45, 2.75) is 40.0 Å². The van der Waals surface area contributed by atoms with Gasteiger partial charge in [0.15, 0.2) is 0 Å². The number of fused-ring (bicyclic) bond motifs is 1. The number of aryl methyl sites for hydroxylation is 1. The van der Waals surface area contributed by atoms with E-state index in [-0.39, 0.29) is 0 Å². The van der Waals surface area contributed by atoms with Crippen molar-refractivity contribution in [2.75, 3.05) is 11.9 Å². The Hall–Kier alpha value is -2.46. The van der Waals surface area contributed by atoms with E-state index in [2.05, 4.69) is 46.8 Å². The number of halogens is 1. The molecule has 0 radical (unpaired) electrons. The molecule has 5 heteroatoms. The topological polar surface area (TPSA) is 50.7 Å². The van der Waals surface area contributed by atoms with Crippen LogP contribution in [0, 0.1) is 6.92 Å². The highest BCUT2D eigenvalue weighted by Crippen LogP contribution is 2.35. The molecule has 27 heavy (non-hydrogen) atoms. The first kappa shape index (κ1) is 19.3. The summed E-state index contributed by atoms with van der Waals surface area (Å²) in [6, 6.07) is 6.16. The van der Waals surface area contributed by atoms with E-state index in [1.807, 2.05) is 38.4 Å². The Bertz CT molecular complexity index is 980. The molecular weight excluding hydrogens is 356 g/mol. The fourth-order valence-electron chi connectivity index (χ4n) is 2.88. The first-order valence-corrected chi connectivity index (χ1v) is 9.59. The Morgan fingerprint density at radius 3 is 2.56 bits per heavy atom. The van der Waals surface area contributed by atoms with Gasteiger partial charge in [0, 0.05) is 35.8 Å². The molecular formula is C22H25ClN4. The van der Waals surface area contributed by atoms with Gasteiger partial charge in [0.25, 0.3) is 0 Å². The molecule has 1 unspecified atom stereocenters. The molecule has 0 saturated heterocycles. The van der Waals surface area contributed by atoms with Crippen molar-refractivity contribution < 1.29 is 0 Å². The zero-order valence-corrected chi connectivity index (χ0v) is 17.1. The lowest BCUT2D eigenvalue weighted by molar-refractivity contribution is 0.678. The van der Waals surface area contributed by atoms with Crippen LogP contribution >= 0.6 is 11.6 Å². The minimum atomic E-state index is 0.361. The van der Waals surface area contributed by atoms with Gasteiger partial charge in [0.05, 0.1) is 21.9 Å². The molecule has 0 saturated carbocycles. The van der Waals surface area contributed by atoms with Crippen LogP contribution in [0.1, 0.15) is 44.6 Å². The average Bonchev–Trinajstić information content (AvgIpc) is 2.67. The van der Waals surface area contributed by atoms with Crippen molar-refractivity contribution in [2.24, 2.45) is 0 Å². The second-order valence-electron chi connectivity index (χ2n) is 7.07. The van der Waals surface area contributed by atoms with E-state index in [4.69, 9.17) is 11.6 Å². The highest BCUT2D eigenvalue weighted by atomic mass is 35.5. The number of nitrogens with one attached hydrogen (secondary N) is 1. The Balaban J connectivity index is 2.06. The maximum Gasteiger partial charge on any atom is 0.131 e. The highest BCUT2D eigenvalue weighted by molar-refractivity contribution is 6.35. The number of pyridine rings is 1. The van der Waals surface area contributed by atoms with Gasteiger partial charge in [-0.1, -0.05) is 43.7 Å². The molecule has 0 fully saturated rings. The summed E-state index contributed by atoms with van der Waals surface area (Å²) < 4.78 is 0. The fourth-order valence-corrected chi connectivity index (χ4v) is 3.09. The molecule has 2 heterocycles. The maximum absolute atomic E-state index is 6.55. The molecule has 1 aromatic carbocycles. The Kier molecular flexibility index (Phi) is 5.76. The molecule has 2 aromatic heterocycles. The van der Waals surface area contributed by atoms with Crippen LogP contribution in [-0.2, 0) is 0 Å². The molecule has 0 bridgehead atoms. The molecule has 0 aliphatic heterocycles. The number of rotatable bonds is 6. The molecule has 1 N–H and O–H groups in total. The van der Waals surface area contributed by atoms with Gasteiger partial charge in [-0.05, 0) is 38.0 Å².